The number of hydrogen-bond donors (Lipinski definition) is 1. The standard InChI is InChI=1S/C14H22N2O2/c1-10-3-2-4-13(7-10)18-14-16-12(9-17-14)8-15-11-5-6-11/h9-11,13,15H,2-8H2,1H3. The van der Waals surface area contributed by atoms with Crippen molar-refractivity contribution < 1.29 is 9.15 Å². The van der Waals surface area contributed by atoms with Gasteiger partial charge in [-0.2, -0.15) is 4.98 Å². The van der Waals surface area contributed by atoms with Crippen molar-refractivity contribution in [3.8, 4) is 6.08 Å². The van der Waals surface area contributed by atoms with Crippen LogP contribution in [0.15, 0.2) is 10.7 Å². The Bertz CT molecular complexity index is 387. The van der Waals surface area contributed by atoms with E-state index in [1.807, 2.05) is 0 Å². The highest BCUT2D eigenvalue weighted by molar-refractivity contribution is 5.01. The number of nitrogens with zero attached hydrogens (tertiary/aromatic N) is 1. The van der Waals surface area contributed by atoms with Crippen LogP contribution in [0.3, 0.4) is 0 Å². The Morgan fingerprint density at radius 3 is 3.06 bits per heavy atom. The topological polar surface area (TPSA) is 47.3 Å². The molecule has 4 nitrogen and oxygen atoms in total. The molecule has 1 aromatic rings. The molecule has 4 heteroatoms. The number of oxazole rings is 1. The van der Waals surface area contributed by atoms with Crippen LogP contribution < -0.4 is 10.1 Å². The summed E-state index contributed by atoms with van der Waals surface area (Å²) >= 11 is 0. The molecule has 1 heterocycles. The minimum atomic E-state index is 0.289. The lowest BCUT2D eigenvalue weighted by molar-refractivity contribution is 0.0938. The molecule has 0 bridgehead atoms. The minimum absolute atomic E-state index is 0.289. The summed E-state index contributed by atoms with van der Waals surface area (Å²) in [6, 6.07) is 0.699. The predicted molar refractivity (Wildman–Crippen MR) is 68.4 cm³/mol. The largest absolute Gasteiger partial charge is 0.447 e. The first-order valence-corrected chi connectivity index (χ1v) is 7.14. The molecule has 2 aliphatic rings. The predicted octanol–water partition coefficient (Wildman–Crippen LogP) is 2.88. The summed E-state index contributed by atoms with van der Waals surface area (Å²) in [5.41, 5.74) is 0.945. The van der Waals surface area contributed by atoms with E-state index < -0.39 is 0 Å². The molecule has 0 radical (unpaired) electrons. The molecule has 18 heavy (non-hydrogen) atoms. The molecular formula is C14H22N2O2. The highest BCUT2D eigenvalue weighted by Crippen LogP contribution is 2.27. The van der Waals surface area contributed by atoms with E-state index in [1.165, 1.54) is 25.7 Å². The van der Waals surface area contributed by atoms with Gasteiger partial charge in [0, 0.05) is 12.6 Å². The zero-order valence-electron chi connectivity index (χ0n) is 11.0. The molecule has 0 spiro atoms. The van der Waals surface area contributed by atoms with E-state index in [1.54, 1.807) is 6.26 Å². The maximum absolute atomic E-state index is 5.82. The molecule has 0 aromatic carbocycles. The van der Waals surface area contributed by atoms with Crippen LogP contribution in [0, 0.1) is 5.92 Å². The van der Waals surface area contributed by atoms with Crippen molar-refractivity contribution in [3.63, 3.8) is 0 Å². The van der Waals surface area contributed by atoms with Crippen LogP contribution in [0.4, 0.5) is 0 Å². The van der Waals surface area contributed by atoms with Crippen molar-refractivity contribution in [3.05, 3.63) is 12.0 Å². The second-order valence-electron chi connectivity index (χ2n) is 5.77. The van der Waals surface area contributed by atoms with Crippen LogP contribution in [-0.4, -0.2) is 17.1 Å². The number of hydrogen-bond acceptors (Lipinski definition) is 4. The van der Waals surface area contributed by atoms with Gasteiger partial charge < -0.3 is 14.5 Å². The summed E-state index contributed by atoms with van der Waals surface area (Å²) in [5, 5.41) is 3.42. The average molecular weight is 250 g/mol. The van der Waals surface area contributed by atoms with Crippen molar-refractivity contribution in [1.29, 1.82) is 0 Å². The fourth-order valence-electron chi connectivity index (χ4n) is 2.59. The van der Waals surface area contributed by atoms with Crippen molar-refractivity contribution in [2.75, 3.05) is 0 Å². The molecule has 100 valence electrons. The molecule has 1 aromatic heterocycles. The van der Waals surface area contributed by atoms with E-state index >= 15 is 0 Å². The summed E-state index contributed by atoms with van der Waals surface area (Å²) in [6.45, 7) is 3.08. The van der Waals surface area contributed by atoms with Crippen LogP contribution in [0.5, 0.6) is 6.08 Å². The van der Waals surface area contributed by atoms with E-state index in [0.717, 1.165) is 31.0 Å². The Hall–Kier alpha value is -1.03. The van der Waals surface area contributed by atoms with Crippen molar-refractivity contribution in [1.82, 2.24) is 10.3 Å². The molecule has 1 N–H and O–H groups in total. The van der Waals surface area contributed by atoms with Crippen molar-refractivity contribution >= 4 is 0 Å². The van der Waals surface area contributed by atoms with E-state index in [9.17, 15) is 0 Å². The zero-order valence-corrected chi connectivity index (χ0v) is 11.0. The maximum Gasteiger partial charge on any atom is 0.394 e. The first-order valence-electron chi connectivity index (χ1n) is 7.14. The van der Waals surface area contributed by atoms with Gasteiger partial charge in [-0.05, 0) is 38.0 Å². The van der Waals surface area contributed by atoms with Gasteiger partial charge in [-0.3, -0.25) is 0 Å². The number of rotatable bonds is 5. The van der Waals surface area contributed by atoms with Gasteiger partial charge in [-0.1, -0.05) is 13.3 Å². The smallest absolute Gasteiger partial charge is 0.394 e. The van der Waals surface area contributed by atoms with E-state index in [0.29, 0.717) is 12.1 Å². The number of aromatic nitrogens is 1. The van der Waals surface area contributed by atoms with Gasteiger partial charge in [0.15, 0.2) is 0 Å². The molecule has 0 amide bonds. The Morgan fingerprint density at radius 2 is 2.28 bits per heavy atom. The van der Waals surface area contributed by atoms with Gasteiger partial charge in [0.05, 0.1) is 5.69 Å². The maximum atomic E-state index is 5.82. The van der Waals surface area contributed by atoms with Gasteiger partial charge in [-0.25, -0.2) is 0 Å². The minimum Gasteiger partial charge on any atom is -0.447 e. The second-order valence-corrected chi connectivity index (χ2v) is 5.77. The van der Waals surface area contributed by atoms with Gasteiger partial charge in [-0.15, -0.1) is 0 Å². The highest BCUT2D eigenvalue weighted by atomic mass is 16.6. The summed E-state index contributed by atoms with van der Waals surface area (Å²) in [4.78, 5) is 4.38. The average Bonchev–Trinajstić information content (AvgIpc) is 3.08. The lowest BCUT2D eigenvalue weighted by Crippen LogP contribution is -2.24. The lowest BCUT2D eigenvalue weighted by atomic mass is 9.89. The molecule has 2 saturated carbocycles. The van der Waals surface area contributed by atoms with Gasteiger partial charge in [0.1, 0.15) is 12.4 Å². The van der Waals surface area contributed by atoms with Gasteiger partial charge in [0.2, 0.25) is 0 Å². The SMILES string of the molecule is CC1CCCC(Oc2nc(CNC3CC3)co2)C1. The van der Waals surface area contributed by atoms with E-state index in [-0.39, 0.29) is 6.10 Å². The molecule has 2 atom stereocenters. The van der Waals surface area contributed by atoms with Crippen LogP contribution in [0.25, 0.3) is 0 Å². The fourth-order valence-corrected chi connectivity index (χ4v) is 2.59. The van der Waals surface area contributed by atoms with Crippen LogP contribution in [0.2, 0.25) is 0 Å². The summed E-state index contributed by atoms with van der Waals surface area (Å²) in [6.07, 6.45) is 9.85. The molecule has 0 aliphatic heterocycles. The summed E-state index contributed by atoms with van der Waals surface area (Å²) < 4.78 is 11.2. The van der Waals surface area contributed by atoms with E-state index in [4.69, 9.17) is 9.15 Å². The Balaban J connectivity index is 1.49. The van der Waals surface area contributed by atoms with Gasteiger partial charge in [0.25, 0.3) is 0 Å². The Morgan fingerprint density at radius 1 is 1.39 bits per heavy atom. The number of ether oxygens (including phenoxy) is 1. The second kappa shape index (κ2) is 5.31. The highest BCUT2D eigenvalue weighted by Gasteiger charge is 2.23. The summed E-state index contributed by atoms with van der Waals surface area (Å²) in [5.74, 6) is 0.759. The van der Waals surface area contributed by atoms with Crippen LogP contribution in [-0.2, 0) is 6.54 Å². The molecule has 2 aliphatic carbocycles. The molecule has 3 rings (SSSR count). The van der Waals surface area contributed by atoms with E-state index in [2.05, 4.69) is 17.2 Å². The van der Waals surface area contributed by atoms with Gasteiger partial charge >= 0.3 is 6.08 Å². The molecule has 2 fully saturated rings. The normalized spacial score (nSPS) is 28.3. The fraction of sp³-hybridized carbons (Fsp3) is 0.786. The molecule has 2 unspecified atom stereocenters. The Kier molecular flexibility index (Phi) is 3.55. The first-order chi connectivity index (χ1) is 8.79. The third kappa shape index (κ3) is 3.25. The molecule has 0 saturated heterocycles. The monoisotopic (exact) mass is 250 g/mol. The summed E-state index contributed by atoms with van der Waals surface area (Å²) in [7, 11) is 0. The quantitative estimate of drug-likeness (QED) is 0.873. The zero-order chi connectivity index (χ0) is 12.4. The van der Waals surface area contributed by atoms with Crippen LogP contribution >= 0.6 is 0 Å². The van der Waals surface area contributed by atoms with Crippen molar-refractivity contribution in [2.24, 2.45) is 5.92 Å². The number of nitrogens with one attached hydrogen (secondary N) is 1. The Labute approximate surface area is 108 Å². The third-order valence-electron chi connectivity index (χ3n) is 3.84. The third-order valence-corrected chi connectivity index (χ3v) is 3.84. The lowest BCUT2D eigenvalue weighted by Gasteiger charge is -2.25. The molecular weight excluding hydrogens is 228 g/mol. The van der Waals surface area contributed by atoms with Crippen molar-refractivity contribution in [2.45, 2.75) is 64.1 Å². The first kappa shape index (κ1) is 12.0. The van der Waals surface area contributed by atoms with Crippen LogP contribution in [0.1, 0.15) is 51.1 Å².